The molecule has 0 spiro atoms. The molecule has 2 unspecified atom stereocenters. The van der Waals surface area contributed by atoms with Crippen molar-refractivity contribution in [1.29, 1.82) is 0 Å². The summed E-state index contributed by atoms with van der Waals surface area (Å²) >= 11 is 0. The Balaban J connectivity index is 1.70. The monoisotopic (exact) mass is 414 g/mol. The highest BCUT2D eigenvalue weighted by Crippen LogP contribution is 2.32. The quantitative estimate of drug-likeness (QED) is 0.225. The Labute approximate surface area is 182 Å². The topological polar surface area (TPSA) is 44.8 Å². The molecular weight excluding hydrogens is 376 g/mol. The summed E-state index contributed by atoms with van der Waals surface area (Å²) in [5.41, 5.74) is 2.38. The molecule has 0 fully saturated rings. The van der Waals surface area contributed by atoms with Crippen LogP contribution < -0.4 is 4.74 Å². The number of ether oxygens (including phenoxy) is 3. The smallest absolute Gasteiger partial charge is 0.310 e. The molecule has 1 aromatic rings. The lowest BCUT2D eigenvalue weighted by Gasteiger charge is -2.24. The molecule has 0 N–H and O–H groups in total. The fourth-order valence-corrected chi connectivity index (χ4v) is 3.71. The molecule has 0 saturated heterocycles. The van der Waals surface area contributed by atoms with Gasteiger partial charge in [0, 0.05) is 0 Å². The standard InChI is InChI=1S/C26H38O4/c1-19(2)17-25(20(3)4)23-11-13-24(14-12-23)30-21(5)28-15-16-29-26(27)18-22-9-7-6-8-10-22/h7,9-14,19-21,25H,6,8,15-18H2,1-5H3. The van der Waals surface area contributed by atoms with Crippen LogP contribution in [0.5, 0.6) is 5.75 Å². The van der Waals surface area contributed by atoms with Gasteiger partial charge in [0.1, 0.15) is 12.4 Å². The van der Waals surface area contributed by atoms with Crippen molar-refractivity contribution in [3.8, 4) is 5.75 Å². The van der Waals surface area contributed by atoms with Crippen molar-refractivity contribution in [3.05, 3.63) is 53.6 Å². The second-order valence-corrected chi connectivity index (χ2v) is 8.76. The maximum absolute atomic E-state index is 11.9. The van der Waals surface area contributed by atoms with Crippen molar-refractivity contribution in [2.24, 2.45) is 11.8 Å². The maximum atomic E-state index is 11.9. The van der Waals surface area contributed by atoms with Crippen LogP contribution in [-0.2, 0) is 14.3 Å². The molecule has 0 amide bonds. The fourth-order valence-electron chi connectivity index (χ4n) is 3.71. The van der Waals surface area contributed by atoms with Gasteiger partial charge in [-0.1, -0.05) is 58.1 Å². The zero-order chi connectivity index (χ0) is 21.9. The predicted octanol–water partition coefficient (Wildman–Crippen LogP) is 6.42. The first-order valence-corrected chi connectivity index (χ1v) is 11.2. The van der Waals surface area contributed by atoms with E-state index in [2.05, 4.69) is 52.0 Å². The first kappa shape index (κ1) is 24.2. The summed E-state index contributed by atoms with van der Waals surface area (Å²) in [6.07, 6.45) is 9.31. The molecule has 1 aliphatic rings. The molecule has 0 heterocycles. The van der Waals surface area contributed by atoms with Crippen LogP contribution in [0.4, 0.5) is 0 Å². The van der Waals surface area contributed by atoms with Crippen LogP contribution in [-0.4, -0.2) is 25.5 Å². The highest BCUT2D eigenvalue weighted by molar-refractivity contribution is 5.73. The summed E-state index contributed by atoms with van der Waals surface area (Å²) < 4.78 is 16.7. The molecule has 166 valence electrons. The molecule has 4 heteroatoms. The van der Waals surface area contributed by atoms with E-state index in [1.807, 2.05) is 25.1 Å². The molecule has 0 saturated carbocycles. The van der Waals surface area contributed by atoms with E-state index in [9.17, 15) is 4.79 Å². The van der Waals surface area contributed by atoms with Crippen molar-refractivity contribution in [3.63, 3.8) is 0 Å². The minimum absolute atomic E-state index is 0.221. The molecule has 2 rings (SSSR count). The van der Waals surface area contributed by atoms with Crippen LogP contribution in [0.2, 0.25) is 0 Å². The second-order valence-electron chi connectivity index (χ2n) is 8.76. The van der Waals surface area contributed by atoms with Gasteiger partial charge in [-0.25, -0.2) is 0 Å². The number of carbonyl (C=O) groups excluding carboxylic acids is 1. The van der Waals surface area contributed by atoms with Crippen LogP contribution in [0.25, 0.3) is 0 Å². The molecule has 30 heavy (non-hydrogen) atoms. The summed E-state index contributed by atoms with van der Waals surface area (Å²) in [6.45, 7) is 11.5. The normalized spacial score (nSPS) is 15.8. The highest BCUT2D eigenvalue weighted by atomic mass is 16.7. The number of hydrogen-bond acceptors (Lipinski definition) is 4. The SMILES string of the molecule is CC(C)CC(c1ccc(OC(C)OCCOC(=O)CC2=CCCC=C2)cc1)C(C)C. The molecular formula is C26H38O4. The van der Waals surface area contributed by atoms with Gasteiger partial charge in [0.2, 0.25) is 0 Å². The molecule has 1 aliphatic carbocycles. The highest BCUT2D eigenvalue weighted by Gasteiger charge is 2.17. The van der Waals surface area contributed by atoms with Gasteiger partial charge in [-0.2, -0.15) is 0 Å². The molecule has 0 aliphatic heterocycles. The Morgan fingerprint density at radius 1 is 1.00 bits per heavy atom. The third-order valence-electron chi connectivity index (χ3n) is 5.26. The van der Waals surface area contributed by atoms with Crippen LogP contribution in [0.15, 0.2) is 48.1 Å². The minimum Gasteiger partial charge on any atom is -0.465 e. The first-order chi connectivity index (χ1) is 14.3. The average Bonchev–Trinajstić information content (AvgIpc) is 2.70. The van der Waals surface area contributed by atoms with Crippen LogP contribution in [0.1, 0.15) is 71.8 Å². The van der Waals surface area contributed by atoms with Crippen LogP contribution >= 0.6 is 0 Å². The van der Waals surface area contributed by atoms with Gasteiger partial charge in [-0.05, 0) is 67.2 Å². The van der Waals surface area contributed by atoms with E-state index >= 15 is 0 Å². The lowest BCUT2D eigenvalue weighted by Crippen LogP contribution is -2.20. The minimum atomic E-state index is -0.407. The van der Waals surface area contributed by atoms with E-state index in [1.165, 1.54) is 12.0 Å². The molecule has 1 aromatic carbocycles. The summed E-state index contributed by atoms with van der Waals surface area (Å²) in [7, 11) is 0. The third-order valence-corrected chi connectivity index (χ3v) is 5.26. The predicted molar refractivity (Wildman–Crippen MR) is 122 cm³/mol. The zero-order valence-electron chi connectivity index (χ0n) is 19.2. The van der Waals surface area contributed by atoms with E-state index in [4.69, 9.17) is 14.2 Å². The van der Waals surface area contributed by atoms with Crippen molar-refractivity contribution >= 4 is 5.97 Å². The van der Waals surface area contributed by atoms with Crippen molar-refractivity contribution in [1.82, 2.24) is 0 Å². The number of hydrogen-bond donors (Lipinski definition) is 0. The lowest BCUT2D eigenvalue weighted by molar-refractivity contribution is -0.147. The molecule has 4 nitrogen and oxygen atoms in total. The Bertz CT molecular complexity index is 700. The molecule has 0 bridgehead atoms. The molecule has 0 aromatic heterocycles. The Hall–Kier alpha value is -2.07. The molecule has 2 atom stereocenters. The average molecular weight is 415 g/mol. The van der Waals surface area contributed by atoms with Gasteiger partial charge in [0.15, 0.2) is 6.29 Å². The largest absolute Gasteiger partial charge is 0.465 e. The van der Waals surface area contributed by atoms with Gasteiger partial charge < -0.3 is 14.2 Å². The van der Waals surface area contributed by atoms with E-state index in [0.717, 1.165) is 24.2 Å². The molecule has 0 radical (unpaired) electrons. The lowest BCUT2D eigenvalue weighted by atomic mass is 9.82. The first-order valence-electron chi connectivity index (χ1n) is 11.2. The maximum Gasteiger partial charge on any atom is 0.310 e. The summed E-state index contributed by atoms with van der Waals surface area (Å²) in [5.74, 6) is 2.40. The summed E-state index contributed by atoms with van der Waals surface area (Å²) in [4.78, 5) is 11.9. The number of benzene rings is 1. The van der Waals surface area contributed by atoms with Gasteiger partial charge in [-0.15, -0.1) is 0 Å². The van der Waals surface area contributed by atoms with Gasteiger partial charge >= 0.3 is 5.97 Å². The van der Waals surface area contributed by atoms with Crippen molar-refractivity contribution in [2.75, 3.05) is 13.2 Å². The van der Waals surface area contributed by atoms with E-state index in [1.54, 1.807) is 0 Å². The van der Waals surface area contributed by atoms with Gasteiger partial charge in [0.25, 0.3) is 0 Å². The number of allylic oxidation sites excluding steroid dienone is 3. The number of esters is 1. The Morgan fingerprint density at radius 2 is 1.73 bits per heavy atom. The van der Waals surface area contributed by atoms with E-state index in [0.29, 0.717) is 30.8 Å². The Kier molecular flexibility index (Phi) is 10.2. The van der Waals surface area contributed by atoms with Crippen LogP contribution in [0, 0.1) is 11.8 Å². The summed E-state index contributed by atoms with van der Waals surface area (Å²) in [5, 5.41) is 0. The van der Waals surface area contributed by atoms with Gasteiger partial charge in [-0.3, -0.25) is 4.79 Å². The number of carbonyl (C=O) groups is 1. The summed E-state index contributed by atoms with van der Waals surface area (Å²) in [6, 6.07) is 8.34. The van der Waals surface area contributed by atoms with Crippen LogP contribution in [0.3, 0.4) is 0 Å². The number of rotatable bonds is 12. The van der Waals surface area contributed by atoms with Crippen molar-refractivity contribution < 1.29 is 19.0 Å². The van der Waals surface area contributed by atoms with Gasteiger partial charge in [0.05, 0.1) is 13.0 Å². The van der Waals surface area contributed by atoms with E-state index < -0.39 is 6.29 Å². The zero-order valence-corrected chi connectivity index (χ0v) is 19.2. The third kappa shape index (κ3) is 8.74. The van der Waals surface area contributed by atoms with E-state index in [-0.39, 0.29) is 12.6 Å². The van der Waals surface area contributed by atoms with Crippen molar-refractivity contribution in [2.45, 2.75) is 72.5 Å². The Morgan fingerprint density at radius 3 is 2.33 bits per heavy atom. The second kappa shape index (κ2) is 12.6. The fraction of sp³-hybridized carbons (Fsp3) is 0.577.